The van der Waals surface area contributed by atoms with Gasteiger partial charge in [-0.15, -0.1) is 24.2 Å². The van der Waals surface area contributed by atoms with E-state index in [1.165, 1.54) is 4.90 Å². The maximum atomic E-state index is 12.6. The van der Waals surface area contributed by atoms with Crippen LogP contribution in [-0.2, 0) is 0 Å². The molecular weight excluding hydrogens is 318 g/mol. The summed E-state index contributed by atoms with van der Waals surface area (Å²) in [5.74, 6) is 0.181. The van der Waals surface area contributed by atoms with Crippen molar-refractivity contribution in [2.75, 3.05) is 45.5 Å². The molecule has 2 saturated heterocycles. The molecule has 0 aliphatic carbocycles. The second-order valence-electron chi connectivity index (χ2n) is 5.71. The summed E-state index contributed by atoms with van der Waals surface area (Å²) in [6.07, 6.45) is 3.16. The molecule has 2 fully saturated rings. The Labute approximate surface area is 143 Å². The van der Waals surface area contributed by atoms with Crippen LogP contribution in [0.1, 0.15) is 16.8 Å². The molecule has 2 heterocycles. The molecule has 2 aliphatic rings. The van der Waals surface area contributed by atoms with Crippen molar-refractivity contribution in [2.24, 2.45) is 0 Å². The van der Waals surface area contributed by atoms with E-state index in [-0.39, 0.29) is 18.3 Å². The summed E-state index contributed by atoms with van der Waals surface area (Å²) in [5.41, 5.74) is 0.814. The van der Waals surface area contributed by atoms with E-state index in [1.807, 2.05) is 29.2 Å². The van der Waals surface area contributed by atoms with Crippen LogP contribution in [0.25, 0.3) is 0 Å². The summed E-state index contributed by atoms with van der Waals surface area (Å²) < 4.78 is 0. The summed E-state index contributed by atoms with van der Waals surface area (Å²) in [4.78, 5) is 18.3. The lowest BCUT2D eigenvalue weighted by molar-refractivity contribution is 0.0773. The van der Waals surface area contributed by atoms with E-state index in [0.29, 0.717) is 6.04 Å². The average molecular weight is 342 g/mol. The highest BCUT2D eigenvalue weighted by Gasteiger charge is 2.31. The Morgan fingerprint density at radius 3 is 2.50 bits per heavy atom. The minimum atomic E-state index is 0. The van der Waals surface area contributed by atoms with E-state index < -0.39 is 0 Å². The highest BCUT2D eigenvalue weighted by Crippen LogP contribution is 2.20. The third-order valence-electron chi connectivity index (χ3n) is 4.46. The first-order valence-electron chi connectivity index (χ1n) is 7.66. The van der Waals surface area contributed by atoms with E-state index in [0.717, 1.165) is 51.3 Å². The molecular formula is C16H24ClN3OS. The Morgan fingerprint density at radius 2 is 1.86 bits per heavy atom. The number of halogens is 1. The van der Waals surface area contributed by atoms with Crippen molar-refractivity contribution < 1.29 is 4.79 Å². The number of carbonyl (C=O) groups is 1. The Kier molecular flexibility index (Phi) is 6.56. The van der Waals surface area contributed by atoms with Crippen LogP contribution in [0.3, 0.4) is 0 Å². The first kappa shape index (κ1) is 17.6. The number of carbonyl (C=O) groups excluding carboxylic acids is 1. The standard InChI is InChI=1S/C16H23N3OS.ClH/c1-21-15-4-2-13(3-5-15)16(20)19-9-6-14(12-19)18-10-7-17-8-11-18;/h2-5,14,17H,6-12H2,1H3;1H. The van der Waals surface area contributed by atoms with Crippen molar-refractivity contribution in [1.29, 1.82) is 0 Å². The molecule has 0 radical (unpaired) electrons. The van der Waals surface area contributed by atoms with E-state index >= 15 is 0 Å². The number of piperazine rings is 1. The van der Waals surface area contributed by atoms with Crippen LogP contribution >= 0.6 is 24.2 Å². The molecule has 2 aliphatic heterocycles. The fraction of sp³-hybridized carbons (Fsp3) is 0.562. The fourth-order valence-corrected chi connectivity index (χ4v) is 3.60. The van der Waals surface area contributed by atoms with Gasteiger partial charge in [-0.25, -0.2) is 0 Å². The van der Waals surface area contributed by atoms with Gasteiger partial charge in [0.1, 0.15) is 0 Å². The smallest absolute Gasteiger partial charge is 0.253 e. The molecule has 1 N–H and O–H groups in total. The summed E-state index contributed by atoms with van der Waals surface area (Å²) in [6.45, 7) is 6.12. The van der Waals surface area contributed by atoms with Crippen molar-refractivity contribution in [3.8, 4) is 0 Å². The second-order valence-corrected chi connectivity index (χ2v) is 6.59. The van der Waals surface area contributed by atoms with Crippen LogP contribution < -0.4 is 5.32 Å². The number of thioether (sulfide) groups is 1. The minimum absolute atomic E-state index is 0. The lowest BCUT2D eigenvalue weighted by Gasteiger charge is -2.32. The van der Waals surface area contributed by atoms with Gasteiger partial charge < -0.3 is 10.2 Å². The molecule has 1 amide bonds. The summed E-state index contributed by atoms with van der Waals surface area (Å²) in [6, 6.07) is 8.50. The first-order chi connectivity index (χ1) is 10.3. The van der Waals surface area contributed by atoms with E-state index in [1.54, 1.807) is 11.8 Å². The topological polar surface area (TPSA) is 35.6 Å². The number of hydrogen-bond donors (Lipinski definition) is 1. The van der Waals surface area contributed by atoms with Gasteiger partial charge in [0.05, 0.1) is 0 Å². The van der Waals surface area contributed by atoms with Crippen LogP contribution in [0.4, 0.5) is 0 Å². The molecule has 0 bridgehead atoms. The van der Waals surface area contributed by atoms with Gasteiger partial charge in [-0.3, -0.25) is 9.69 Å². The van der Waals surface area contributed by atoms with E-state index in [4.69, 9.17) is 0 Å². The Hall–Kier alpha value is -0.750. The molecule has 1 unspecified atom stereocenters. The molecule has 22 heavy (non-hydrogen) atoms. The SMILES string of the molecule is CSc1ccc(C(=O)N2CCC(N3CCNCC3)C2)cc1.Cl. The number of nitrogens with one attached hydrogen (secondary N) is 1. The number of likely N-dealkylation sites (tertiary alicyclic amines) is 1. The molecule has 6 heteroatoms. The Balaban J connectivity index is 0.00000176. The van der Waals surface area contributed by atoms with Gasteiger partial charge in [-0.1, -0.05) is 0 Å². The largest absolute Gasteiger partial charge is 0.337 e. The third kappa shape index (κ3) is 3.96. The predicted molar refractivity (Wildman–Crippen MR) is 94.2 cm³/mol. The van der Waals surface area contributed by atoms with Gasteiger partial charge in [-0.05, 0) is 36.9 Å². The zero-order valence-electron chi connectivity index (χ0n) is 13.0. The predicted octanol–water partition coefficient (Wildman–Crippen LogP) is 1.95. The zero-order valence-corrected chi connectivity index (χ0v) is 14.6. The Bertz CT molecular complexity index is 491. The van der Waals surface area contributed by atoms with Crippen molar-refractivity contribution in [2.45, 2.75) is 17.4 Å². The monoisotopic (exact) mass is 341 g/mol. The number of nitrogens with zero attached hydrogens (tertiary/aromatic N) is 2. The maximum Gasteiger partial charge on any atom is 0.253 e. The highest BCUT2D eigenvalue weighted by molar-refractivity contribution is 7.98. The number of amides is 1. The highest BCUT2D eigenvalue weighted by atomic mass is 35.5. The third-order valence-corrected chi connectivity index (χ3v) is 5.20. The van der Waals surface area contributed by atoms with E-state index in [9.17, 15) is 4.79 Å². The van der Waals surface area contributed by atoms with Crippen LogP contribution in [0.2, 0.25) is 0 Å². The summed E-state index contributed by atoms with van der Waals surface area (Å²) >= 11 is 1.70. The molecule has 1 aromatic rings. The van der Waals surface area contributed by atoms with Gasteiger partial charge >= 0.3 is 0 Å². The fourth-order valence-electron chi connectivity index (χ4n) is 3.19. The second kappa shape index (κ2) is 8.20. The van der Waals surface area contributed by atoms with Gasteiger partial charge in [0.2, 0.25) is 0 Å². The molecule has 3 rings (SSSR count). The number of rotatable bonds is 3. The van der Waals surface area contributed by atoms with Crippen molar-refractivity contribution >= 4 is 30.1 Å². The van der Waals surface area contributed by atoms with Crippen LogP contribution in [0.5, 0.6) is 0 Å². The quantitative estimate of drug-likeness (QED) is 0.852. The zero-order chi connectivity index (χ0) is 14.7. The average Bonchev–Trinajstić information content (AvgIpc) is 3.05. The first-order valence-corrected chi connectivity index (χ1v) is 8.88. The number of benzene rings is 1. The van der Waals surface area contributed by atoms with Crippen molar-refractivity contribution in [1.82, 2.24) is 15.1 Å². The lowest BCUT2D eigenvalue weighted by atomic mass is 10.2. The molecule has 122 valence electrons. The summed E-state index contributed by atoms with van der Waals surface area (Å²) in [5, 5.41) is 3.38. The van der Waals surface area contributed by atoms with Crippen LogP contribution in [0.15, 0.2) is 29.2 Å². The molecule has 0 spiro atoms. The maximum absolute atomic E-state index is 12.6. The van der Waals surface area contributed by atoms with Gasteiger partial charge in [0.15, 0.2) is 0 Å². The molecule has 0 saturated carbocycles. The van der Waals surface area contributed by atoms with E-state index in [2.05, 4.69) is 16.5 Å². The number of hydrogen-bond acceptors (Lipinski definition) is 4. The van der Waals surface area contributed by atoms with Crippen LogP contribution in [0, 0.1) is 0 Å². The van der Waals surface area contributed by atoms with Crippen molar-refractivity contribution in [3.63, 3.8) is 0 Å². The molecule has 1 atom stereocenters. The van der Waals surface area contributed by atoms with Gasteiger partial charge in [0.25, 0.3) is 5.91 Å². The minimum Gasteiger partial charge on any atom is -0.337 e. The van der Waals surface area contributed by atoms with Gasteiger partial charge in [-0.2, -0.15) is 0 Å². The molecule has 1 aromatic carbocycles. The van der Waals surface area contributed by atoms with Crippen LogP contribution in [-0.4, -0.2) is 67.3 Å². The van der Waals surface area contributed by atoms with Gasteiger partial charge in [0, 0.05) is 55.8 Å². The molecule has 0 aromatic heterocycles. The normalized spacial score (nSPS) is 22.4. The van der Waals surface area contributed by atoms with Crippen molar-refractivity contribution in [3.05, 3.63) is 29.8 Å². The Morgan fingerprint density at radius 1 is 1.18 bits per heavy atom. The lowest BCUT2D eigenvalue weighted by Crippen LogP contribution is -2.49. The molecule has 4 nitrogen and oxygen atoms in total. The summed E-state index contributed by atoms with van der Waals surface area (Å²) in [7, 11) is 0.